The van der Waals surface area contributed by atoms with Crippen LogP contribution in [-0.4, -0.2) is 43.0 Å². The van der Waals surface area contributed by atoms with Gasteiger partial charge in [0.05, 0.1) is 5.92 Å². The van der Waals surface area contributed by atoms with Crippen molar-refractivity contribution in [1.29, 1.82) is 0 Å². The summed E-state index contributed by atoms with van der Waals surface area (Å²) in [6, 6.07) is 0. The first kappa shape index (κ1) is 10.0. The maximum atomic E-state index is 10.3. The van der Waals surface area contributed by atoms with Gasteiger partial charge in [-0.25, -0.2) is 0 Å². The zero-order chi connectivity index (χ0) is 6.69. The van der Waals surface area contributed by atoms with Gasteiger partial charge in [-0.1, -0.05) is 0 Å². The van der Waals surface area contributed by atoms with E-state index in [0.29, 0.717) is 0 Å². The van der Waals surface area contributed by atoms with Crippen LogP contribution in [0.2, 0.25) is 0 Å². The Bertz CT molecular complexity index is 112. The fourth-order valence-corrected chi connectivity index (χ4v) is 1.07. The molecule has 0 spiro atoms. The topological polar surface area (TPSA) is 49.3 Å². The number of hydrogen-bond acceptors (Lipinski definition) is 2. The van der Waals surface area contributed by atoms with Crippen LogP contribution in [0.1, 0.15) is 12.8 Å². The third-order valence-electron chi connectivity index (χ3n) is 1.69. The van der Waals surface area contributed by atoms with E-state index in [1.54, 1.807) is 0 Å². The minimum absolute atomic E-state index is 0. The Hall–Kier alpha value is 0.0274. The molecule has 0 bridgehead atoms. The second-order valence-electron chi connectivity index (χ2n) is 2.36. The molecule has 1 rings (SSSR count). The van der Waals surface area contributed by atoms with Gasteiger partial charge in [0, 0.05) is 0 Å². The SMILES string of the molecule is O=C(O)C1CCNCC1.[LiH]. The predicted molar refractivity (Wildman–Crippen MR) is 40.4 cm³/mol. The van der Waals surface area contributed by atoms with Gasteiger partial charge >= 0.3 is 24.8 Å². The average Bonchev–Trinajstić information content (AvgIpc) is 1.90. The Kier molecular flexibility index (Phi) is 4.80. The van der Waals surface area contributed by atoms with Crippen molar-refractivity contribution in [3.8, 4) is 0 Å². The third kappa shape index (κ3) is 2.74. The van der Waals surface area contributed by atoms with Gasteiger partial charge in [0.15, 0.2) is 0 Å². The van der Waals surface area contributed by atoms with Crippen molar-refractivity contribution >= 4 is 24.8 Å². The van der Waals surface area contributed by atoms with Crippen LogP contribution in [-0.2, 0) is 4.79 Å². The molecule has 0 aromatic carbocycles. The third-order valence-corrected chi connectivity index (χ3v) is 1.69. The number of aliphatic carboxylic acids is 1. The summed E-state index contributed by atoms with van der Waals surface area (Å²) in [5, 5.41) is 11.6. The first-order valence-corrected chi connectivity index (χ1v) is 3.24. The summed E-state index contributed by atoms with van der Waals surface area (Å²) in [5.41, 5.74) is 0. The Balaban J connectivity index is 0.000000810. The van der Waals surface area contributed by atoms with Crippen LogP contribution in [0.5, 0.6) is 0 Å². The summed E-state index contributed by atoms with van der Waals surface area (Å²) in [5.74, 6) is -0.734. The van der Waals surface area contributed by atoms with Crippen molar-refractivity contribution in [3.63, 3.8) is 0 Å². The van der Waals surface area contributed by atoms with E-state index in [9.17, 15) is 4.79 Å². The molecule has 1 aliphatic rings. The van der Waals surface area contributed by atoms with Gasteiger partial charge in [0.25, 0.3) is 0 Å². The molecule has 1 heterocycles. The number of piperidine rings is 1. The zero-order valence-corrected chi connectivity index (χ0v) is 5.26. The fourth-order valence-electron chi connectivity index (χ4n) is 1.07. The summed E-state index contributed by atoms with van der Waals surface area (Å²) in [6.07, 6.45) is 1.57. The molecule has 0 atom stereocenters. The van der Waals surface area contributed by atoms with Gasteiger partial charge in [0.2, 0.25) is 0 Å². The summed E-state index contributed by atoms with van der Waals surface area (Å²) in [6.45, 7) is 1.72. The molecule has 1 fully saturated rings. The van der Waals surface area contributed by atoms with E-state index < -0.39 is 5.97 Å². The summed E-state index contributed by atoms with van der Waals surface area (Å²) >= 11 is 0. The Morgan fingerprint density at radius 3 is 2.20 bits per heavy atom. The van der Waals surface area contributed by atoms with Gasteiger partial charge < -0.3 is 10.4 Å². The standard InChI is InChI=1S/C6H11NO2.Li.H/c8-6(9)5-1-3-7-4-2-5;;/h5,7H,1-4H2,(H,8,9);;. The van der Waals surface area contributed by atoms with Crippen molar-refractivity contribution in [2.24, 2.45) is 5.92 Å². The first-order valence-electron chi connectivity index (χ1n) is 3.24. The first-order chi connectivity index (χ1) is 4.30. The van der Waals surface area contributed by atoms with E-state index in [2.05, 4.69) is 5.32 Å². The van der Waals surface area contributed by atoms with E-state index in [0.717, 1.165) is 25.9 Å². The number of carboxylic acids is 1. The number of rotatable bonds is 1. The van der Waals surface area contributed by atoms with Crippen LogP contribution in [0, 0.1) is 5.92 Å². The molecular weight excluding hydrogens is 125 g/mol. The van der Waals surface area contributed by atoms with E-state index in [1.165, 1.54) is 0 Å². The molecule has 0 aromatic heterocycles. The number of carboxylic acid groups (broad SMARTS) is 1. The molecule has 0 unspecified atom stereocenters. The number of hydrogen-bond donors (Lipinski definition) is 2. The molecule has 0 saturated carbocycles. The average molecular weight is 137 g/mol. The molecule has 1 saturated heterocycles. The molecule has 10 heavy (non-hydrogen) atoms. The number of carbonyl (C=O) groups is 1. The maximum absolute atomic E-state index is 10.3. The van der Waals surface area contributed by atoms with Crippen LogP contribution >= 0.6 is 0 Å². The van der Waals surface area contributed by atoms with Crippen LogP contribution < -0.4 is 5.32 Å². The van der Waals surface area contributed by atoms with E-state index in [1.807, 2.05) is 0 Å². The second kappa shape index (κ2) is 4.78. The number of nitrogens with one attached hydrogen (secondary N) is 1. The van der Waals surface area contributed by atoms with Gasteiger partial charge in [-0.2, -0.15) is 0 Å². The normalized spacial score (nSPS) is 19.6. The van der Waals surface area contributed by atoms with Crippen molar-refractivity contribution in [2.45, 2.75) is 12.8 Å². The molecule has 3 nitrogen and oxygen atoms in total. The second-order valence-corrected chi connectivity index (χ2v) is 2.36. The summed E-state index contributed by atoms with van der Waals surface area (Å²) < 4.78 is 0. The molecule has 2 N–H and O–H groups in total. The monoisotopic (exact) mass is 137 g/mol. The quantitative estimate of drug-likeness (QED) is 0.475. The van der Waals surface area contributed by atoms with Crippen LogP contribution in [0.25, 0.3) is 0 Å². The molecule has 54 valence electrons. The van der Waals surface area contributed by atoms with Gasteiger partial charge in [-0.05, 0) is 25.9 Å². The van der Waals surface area contributed by atoms with Crippen LogP contribution in [0.4, 0.5) is 0 Å². The Morgan fingerprint density at radius 2 is 1.90 bits per heavy atom. The molecule has 0 aliphatic carbocycles. The van der Waals surface area contributed by atoms with E-state index in [4.69, 9.17) is 5.11 Å². The molecule has 0 aromatic rings. The molecule has 0 radical (unpaired) electrons. The summed E-state index contributed by atoms with van der Waals surface area (Å²) in [4.78, 5) is 10.3. The molecule has 4 heteroatoms. The summed E-state index contributed by atoms with van der Waals surface area (Å²) in [7, 11) is 0. The van der Waals surface area contributed by atoms with Crippen molar-refractivity contribution < 1.29 is 9.90 Å². The molecular formula is C6H12LiNO2. The Labute approximate surface area is 72.4 Å². The van der Waals surface area contributed by atoms with Crippen molar-refractivity contribution in [1.82, 2.24) is 5.32 Å². The van der Waals surface area contributed by atoms with Crippen LogP contribution in [0.3, 0.4) is 0 Å². The van der Waals surface area contributed by atoms with Gasteiger partial charge in [-0.3, -0.25) is 4.79 Å². The minimum atomic E-state index is -0.642. The van der Waals surface area contributed by atoms with Crippen molar-refractivity contribution in [2.75, 3.05) is 13.1 Å². The fraction of sp³-hybridized carbons (Fsp3) is 0.833. The molecule has 0 amide bonds. The zero-order valence-electron chi connectivity index (χ0n) is 5.26. The van der Waals surface area contributed by atoms with Crippen molar-refractivity contribution in [3.05, 3.63) is 0 Å². The van der Waals surface area contributed by atoms with E-state index >= 15 is 0 Å². The Morgan fingerprint density at radius 1 is 1.40 bits per heavy atom. The molecule has 1 aliphatic heterocycles. The van der Waals surface area contributed by atoms with Gasteiger partial charge in [-0.15, -0.1) is 0 Å². The van der Waals surface area contributed by atoms with Crippen LogP contribution in [0.15, 0.2) is 0 Å². The van der Waals surface area contributed by atoms with Gasteiger partial charge in [0.1, 0.15) is 0 Å². The predicted octanol–water partition coefficient (Wildman–Crippen LogP) is -0.578. The van der Waals surface area contributed by atoms with E-state index in [-0.39, 0.29) is 24.8 Å².